The standard InChI is InChI=1S/C11H13BrO2/c1-8(7-13)5-9-3-4-11(14-2)10(12)6-9/h3-6,13H,7H2,1-2H3. The van der Waals surface area contributed by atoms with Gasteiger partial charge in [-0.15, -0.1) is 0 Å². The average Bonchev–Trinajstić information content (AvgIpc) is 2.18. The molecular weight excluding hydrogens is 244 g/mol. The quantitative estimate of drug-likeness (QED) is 0.902. The van der Waals surface area contributed by atoms with Gasteiger partial charge in [0.15, 0.2) is 0 Å². The zero-order valence-corrected chi connectivity index (χ0v) is 9.84. The Labute approximate surface area is 92.3 Å². The zero-order valence-electron chi connectivity index (χ0n) is 8.25. The summed E-state index contributed by atoms with van der Waals surface area (Å²) in [6, 6.07) is 5.79. The van der Waals surface area contributed by atoms with Crippen molar-refractivity contribution in [3.63, 3.8) is 0 Å². The van der Waals surface area contributed by atoms with Crippen molar-refractivity contribution in [2.24, 2.45) is 0 Å². The fourth-order valence-corrected chi connectivity index (χ4v) is 1.66. The highest BCUT2D eigenvalue weighted by molar-refractivity contribution is 9.10. The molecule has 0 bridgehead atoms. The fraction of sp³-hybridized carbons (Fsp3) is 0.273. The van der Waals surface area contributed by atoms with Crippen LogP contribution in [0.3, 0.4) is 0 Å². The third-order valence-corrected chi connectivity index (χ3v) is 2.46. The molecule has 14 heavy (non-hydrogen) atoms. The molecule has 0 aliphatic carbocycles. The molecule has 0 radical (unpaired) electrons. The van der Waals surface area contributed by atoms with Gasteiger partial charge in [-0.1, -0.05) is 12.1 Å². The molecule has 0 heterocycles. The van der Waals surface area contributed by atoms with E-state index in [0.29, 0.717) is 0 Å². The van der Waals surface area contributed by atoms with E-state index >= 15 is 0 Å². The van der Waals surface area contributed by atoms with Gasteiger partial charge >= 0.3 is 0 Å². The van der Waals surface area contributed by atoms with E-state index in [2.05, 4.69) is 15.9 Å². The Morgan fingerprint density at radius 2 is 2.29 bits per heavy atom. The molecule has 0 spiro atoms. The summed E-state index contributed by atoms with van der Waals surface area (Å²) in [5, 5.41) is 8.86. The Bertz CT molecular complexity index is 345. The van der Waals surface area contributed by atoms with Gasteiger partial charge in [0.1, 0.15) is 5.75 Å². The highest BCUT2D eigenvalue weighted by Crippen LogP contribution is 2.26. The topological polar surface area (TPSA) is 29.5 Å². The van der Waals surface area contributed by atoms with Crippen molar-refractivity contribution >= 4 is 22.0 Å². The smallest absolute Gasteiger partial charge is 0.133 e. The summed E-state index contributed by atoms with van der Waals surface area (Å²) in [7, 11) is 1.63. The van der Waals surface area contributed by atoms with Gasteiger partial charge in [-0.05, 0) is 46.1 Å². The number of halogens is 1. The van der Waals surface area contributed by atoms with Crippen LogP contribution in [0.15, 0.2) is 28.2 Å². The lowest BCUT2D eigenvalue weighted by Gasteiger charge is -2.04. The number of rotatable bonds is 3. The molecule has 0 saturated heterocycles. The summed E-state index contributed by atoms with van der Waals surface area (Å²) >= 11 is 3.40. The molecule has 2 nitrogen and oxygen atoms in total. The van der Waals surface area contributed by atoms with E-state index in [1.165, 1.54) is 0 Å². The van der Waals surface area contributed by atoms with Crippen LogP contribution in [-0.2, 0) is 0 Å². The van der Waals surface area contributed by atoms with Gasteiger partial charge in [0, 0.05) is 0 Å². The maximum Gasteiger partial charge on any atom is 0.133 e. The molecule has 0 aromatic heterocycles. The molecule has 1 aromatic rings. The van der Waals surface area contributed by atoms with E-state index in [4.69, 9.17) is 9.84 Å². The van der Waals surface area contributed by atoms with E-state index in [0.717, 1.165) is 21.4 Å². The second kappa shape index (κ2) is 5.17. The third-order valence-electron chi connectivity index (χ3n) is 1.84. The van der Waals surface area contributed by atoms with Crippen LogP contribution < -0.4 is 4.74 Å². The summed E-state index contributed by atoms with van der Waals surface area (Å²) in [5.41, 5.74) is 1.98. The van der Waals surface area contributed by atoms with Crippen LogP contribution in [0.5, 0.6) is 5.75 Å². The van der Waals surface area contributed by atoms with Crippen LogP contribution in [0.2, 0.25) is 0 Å². The second-order valence-corrected chi connectivity index (χ2v) is 3.90. The van der Waals surface area contributed by atoms with E-state index < -0.39 is 0 Å². The molecule has 76 valence electrons. The van der Waals surface area contributed by atoms with Gasteiger partial charge in [-0.2, -0.15) is 0 Å². The average molecular weight is 257 g/mol. The summed E-state index contributed by atoms with van der Waals surface area (Å²) in [6.45, 7) is 1.97. The van der Waals surface area contributed by atoms with Crippen molar-refractivity contribution in [3.8, 4) is 5.75 Å². The molecular formula is C11H13BrO2. The summed E-state index contributed by atoms with van der Waals surface area (Å²) in [5.74, 6) is 0.809. The Balaban J connectivity index is 2.97. The lowest BCUT2D eigenvalue weighted by molar-refractivity contribution is 0.332. The highest BCUT2D eigenvalue weighted by atomic mass is 79.9. The molecule has 0 aliphatic rings. The predicted octanol–water partition coefficient (Wildman–Crippen LogP) is 2.85. The molecule has 0 saturated carbocycles. The Morgan fingerprint density at radius 3 is 2.79 bits per heavy atom. The van der Waals surface area contributed by atoms with Crippen molar-refractivity contribution in [1.29, 1.82) is 0 Å². The number of hydrogen-bond acceptors (Lipinski definition) is 2. The van der Waals surface area contributed by atoms with Crippen LogP contribution in [0.25, 0.3) is 6.08 Å². The first-order chi connectivity index (χ1) is 6.67. The van der Waals surface area contributed by atoms with Gasteiger partial charge in [0.25, 0.3) is 0 Å². The molecule has 0 atom stereocenters. The number of benzene rings is 1. The number of ether oxygens (including phenoxy) is 1. The van der Waals surface area contributed by atoms with Crippen molar-refractivity contribution < 1.29 is 9.84 Å². The van der Waals surface area contributed by atoms with Crippen molar-refractivity contribution in [2.75, 3.05) is 13.7 Å². The Hall–Kier alpha value is -0.800. The summed E-state index contributed by atoms with van der Waals surface area (Å²) in [6.07, 6.45) is 1.93. The van der Waals surface area contributed by atoms with Crippen LogP contribution >= 0.6 is 15.9 Å². The first kappa shape index (κ1) is 11.3. The van der Waals surface area contributed by atoms with Crippen molar-refractivity contribution in [1.82, 2.24) is 0 Å². The lowest BCUT2D eigenvalue weighted by atomic mass is 10.1. The van der Waals surface area contributed by atoms with E-state index in [1.54, 1.807) is 7.11 Å². The molecule has 0 aliphatic heterocycles. The van der Waals surface area contributed by atoms with E-state index in [9.17, 15) is 0 Å². The molecule has 1 rings (SSSR count). The van der Waals surface area contributed by atoms with Gasteiger partial charge in [0.05, 0.1) is 18.2 Å². The van der Waals surface area contributed by atoms with Gasteiger partial charge in [-0.25, -0.2) is 0 Å². The Morgan fingerprint density at radius 1 is 1.57 bits per heavy atom. The van der Waals surface area contributed by atoms with E-state index in [1.807, 2.05) is 31.2 Å². The maximum absolute atomic E-state index is 8.86. The predicted molar refractivity (Wildman–Crippen MR) is 61.4 cm³/mol. The van der Waals surface area contributed by atoms with Crippen LogP contribution in [-0.4, -0.2) is 18.8 Å². The monoisotopic (exact) mass is 256 g/mol. The minimum Gasteiger partial charge on any atom is -0.496 e. The third kappa shape index (κ3) is 2.86. The molecule has 1 aromatic carbocycles. The van der Waals surface area contributed by atoms with Gasteiger partial charge < -0.3 is 9.84 Å². The molecule has 3 heteroatoms. The zero-order chi connectivity index (χ0) is 10.6. The minimum absolute atomic E-state index is 0.0870. The van der Waals surface area contributed by atoms with Crippen molar-refractivity contribution in [2.45, 2.75) is 6.92 Å². The normalized spacial score (nSPS) is 11.6. The number of aliphatic hydroxyl groups excluding tert-OH is 1. The maximum atomic E-state index is 8.86. The lowest BCUT2D eigenvalue weighted by Crippen LogP contribution is -1.86. The number of hydrogen-bond donors (Lipinski definition) is 1. The Kier molecular flexibility index (Phi) is 4.17. The molecule has 0 unspecified atom stereocenters. The van der Waals surface area contributed by atoms with Gasteiger partial charge in [0.2, 0.25) is 0 Å². The van der Waals surface area contributed by atoms with Crippen LogP contribution in [0.1, 0.15) is 12.5 Å². The minimum atomic E-state index is 0.0870. The molecule has 1 N–H and O–H groups in total. The largest absolute Gasteiger partial charge is 0.496 e. The van der Waals surface area contributed by atoms with Crippen LogP contribution in [0, 0.1) is 0 Å². The second-order valence-electron chi connectivity index (χ2n) is 3.04. The van der Waals surface area contributed by atoms with Crippen molar-refractivity contribution in [3.05, 3.63) is 33.8 Å². The summed E-state index contributed by atoms with van der Waals surface area (Å²) in [4.78, 5) is 0. The molecule has 0 amide bonds. The van der Waals surface area contributed by atoms with Gasteiger partial charge in [-0.3, -0.25) is 0 Å². The fourth-order valence-electron chi connectivity index (χ4n) is 1.10. The SMILES string of the molecule is COc1ccc(C=C(C)CO)cc1Br. The van der Waals surface area contributed by atoms with Crippen LogP contribution in [0.4, 0.5) is 0 Å². The highest BCUT2D eigenvalue weighted by Gasteiger charge is 1.99. The van der Waals surface area contributed by atoms with E-state index in [-0.39, 0.29) is 6.61 Å². The molecule has 0 fully saturated rings. The number of aliphatic hydroxyl groups is 1. The number of methoxy groups -OCH3 is 1. The summed E-state index contributed by atoms with van der Waals surface area (Å²) < 4.78 is 6.03. The first-order valence-electron chi connectivity index (χ1n) is 4.29. The first-order valence-corrected chi connectivity index (χ1v) is 5.08.